The Labute approximate surface area is 124 Å². The predicted octanol–water partition coefficient (Wildman–Crippen LogP) is 4.20. The third-order valence-corrected chi connectivity index (χ3v) is 4.62. The van der Waals surface area contributed by atoms with Crippen molar-refractivity contribution in [2.24, 2.45) is 0 Å². The molecule has 0 fully saturated rings. The highest BCUT2D eigenvalue weighted by molar-refractivity contribution is 7.10. The van der Waals surface area contributed by atoms with Gasteiger partial charge in [0, 0.05) is 18.0 Å². The van der Waals surface area contributed by atoms with E-state index in [1.165, 1.54) is 16.5 Å². The van der Waals surface area contributed by atoms with E-state index in [9.17, 15) is 13.2 Å². The number of anilines is 1. The molecule has 0 saturated heterocycles. The average molecular weight is 308 g/mol. The summed E-state index contributed by atoms with van der Waals surface area (Å²) in [5, 5.41) is 11.2. The summed E-state index contributed by atoms with van der Waals surface area (Å²) in [6.45, 7) is 1.35. The third kappa shape index (κ3) is 2.61. The number of hydrogen-bond donors (Lipinski definition) is 0. The minimum absolute atomic E-state index is 0.0727. The van der Waals surface area contributed by atoms with Gasteiger partial charge in [-0.25, -0.2) is 0 Å². The number of fused-ring (bicyclic) bond motifs is 1. The summed E-state index contributed by atoms with van der Waals surface area (Å²) < 4.78 is 38.1. The number of thiophene rings is 1. The average Bonchev–Trinajstić information content (AvgIpc) is 2.93. The van der Waals surface area contributed by atoms with Crippen LogP contribution < -0.4 is 4.90 Å². The van der Waals surface area contributed by atoms with Crippen LogP contribution in [0.25, 0.3) is 0 Å². The van der Waals surface area contributed by atoms with E-state index in [4.69, 9.17) is 5.26 Å². The maximum atomic E-state index is 12.7. The Kier molecular flexibility index (Phi) is 3.38. The second-order valence-corrected chi connectivity index (χ2v) is 5.88. The highest BCUT2D eigenvalue weighted by atomic mass is 32.1. The summed E-state index contributed by atoms with van der Waals surface area (Å²) >= 11 is 1.70. The summed E-state index contributed by atoms with van der Waals surface area (Å²) in [5.41, 5.74) is 1.05. The third-order valence-electron chi connectivity index (χ3n) is 3.59. The maximum Gasteiger partial charge on any atom is 0.416 e. The van der Waals surface area contributed by atoms with Gasteiger partial charge in [0.1, 0.15) is 6.07 Å². The highest BCUT2D eigenvalue weighted by Crippen LogP contribution is 2.34. The lowest BCUT2D eigenvalue weighted by atomic mass is 10.0. The van der Waals surface area contributed by atoms with Gasteiger partial charge in [-0.15, -0.1) is 11.3 Å². The van der Waals surface area contributed by atoms with Crippen LogP contribution in [0.5, 0.6) is 0 Å². The zero-order valence-electron chi connectivity index (χ0n) is 10.9. The summed E-state index contributed by atoms with van der Waals surface area (Å²) in [7, 11) is 0. The second-order valence-electron chi connectivity index (χ2n) is 4.88. The molecule has 1 aliphatic rings. The molecule has 1 aliphatic heterocycles. The highest BCUT2D eigenvalue weighted by Gasteiger charge is 2.31. The van der Waals surface area contributed by atoms with E-state index in [2.05, 4.69) is 0 Å². The number of nitrogens with zero attached hydrogens (tertiary/aromatic N) is 2. The minimum Gasteiger partial charge on any atom is -0.366 e. The minimum atomic E-state index is -4.42. The first-order valence-electron chi connectivity index (χ1n) is 6.40. The zero-order valence-corrected chi connectivity index (χ0v) is 11.8. The van der Waals surface area contributed by atoms with Crippen molar-refractivity contribution >= 4 is 17.0 Å². The van der Waals surface area contributed by atoms with Crippen LogP contribution in [0.1, 0.15) is 21.6 Å². The summed E-state index contributed by atoms with van der Waals surface area (Å²) in [6.07, 6.45) is -3.56. The van der Waals surface area contributed by atoms with Crippen LogP contribution in [-0.2, 0) is 19.1 Å². The van der Waals surface area contributed by atoms with Crippen molar-refractivity contribution < 1.29 is 13.2 Å². The van der Waals surface area contributed by atoms with Gasteiger partial charge in [-0.05, 0) is 41.6 Å². The SMILES string of the molecule is N#Cc1cc(C(F)(F)F)ccc1N1CCc2sccc2C1. The zero-order chi connectivity index (χ0) is 15.0. The van der Waals surface area contributed by atoms with Gasteiger partial charge in [0.15, 0.2) is 0 Å². The van der Waals surface area contributed by atoms with Crippen LogP contribution in [0.3, 0.4) is 0 Å². The molecule has 0 radical (unpaired) electrons. The van der Waals surface area contributed by atoms with E-state index >= 15 is 0 Å². The second kappa shape index (κ2) is 5.08. The molecule has 0 amide bonds. The molecule has 2 aromatic rings. The molecule has 0 saturated carbocycles. The van der Waals surface area contributed by atoms with E-state index in [0.717, 1.165) is 18.6 Å². The van der Waals surface area contributed by atoms with Crippen LogP contribution in [-0.4, -0.2) is 6.54 Å². The standard InChI is InChI=1S/C15H11F3N2S/c16-15(17,18)12-1-2-13(11(7-12)8-19)20-5-3-14-10(9-20)4-6-21-14/h1-2,4,6-7H,3,5,9H2. The van der Waals surface area contributed by atoms with Crippen molar-refractivity contribution in [2.75, 3.05) is 11.4 Å². The number of hydrogen-bond acceptors (Lipinski definition) is 3. The molecule has 6 heteroatoms. The van der Waals surface area contributed by atoms with Gasteiger partial charge in [-0.3, -0.25) is 0 Å². The van der Waals surface area contributed by atoms with Crippen molar-refractivity contribution in [2.45, 2.75) is 19.1 Å². The molecule has 0 bridgehead atoms. The fraction of sp³-hybridized carbons (Fsp3) is 0.267. The van der Waals surface area contributed by atoms with E-state index in [-0.39, 0.29) is 5.56 Å². The Bertz CT molecular complexity index is 712. The van der Waals surface area contributed by atoms with Crippen LogP contribution in [0.2, 0.25) is 0 Å². The quantitative estimate of drug-likeness (QED) is 0.789. The molecule has 0 N–H and O–H groups in total. The molecular weight excluding hydrogens is 297 g/mol. The Balaban J connectivity index is 1.95. The molecule has 0 spiro atoms. The van der Waals surface area contributed by atoms with Crippen molar-refractivity contribution in [1.29, 1.82) is 5.26 Å². The van der Waals surface area contributed by atoms with Gasteiger partial charge in [-0.1, -0.05) is 0 Å². The van der Waals surface area contributed by atoms with Crippen LogP contribution in [0, 0.1) is 11.3 Å². The van der Waals surface area contributed by atoms with Crippen molar-refractivity contribution in [3.63, 3.8) is 0 Å². The van der Waals surface area contributed by atoms with E-state index in [1.807, 2.05) is 22.4 Å². The molecule has 0 atom stereocenters. The molecule has 2 heterocycles. The molecule has 2 nitrogen and oxygen atoms in total. The van der Waals surface area contributed by atoms with Crippen molar-refractivity contribution in [3.05, 3.63) is 51.2 Å². The number of alkyl halides is 3. The maximum absolute atomic E-state index is 12.7. The fourth-order valence-electron chi connectivity index (χ4n) is 2.53. The molecule has 3 rings (SSSR count). The van der Waals surface area contributed by atoms with Gasteiger partial charge in [0.2, 0.25) is 0 Å². The smallest absolute Gasteiger partial charge is 0.366 e. The van der Waals surface area contributed by atoms with Crippen LogP contribution in [0.4, 0.5) is 18.9 Å². The summed E-state index contributed by atoms with van der Waals surface area (Å²) in [5.74, 6) is 0. The number of halogens is 3. The van der Waals surface area contributed by atoms with Gasteiger partial charge in [-0.2, -0.15) is 18.4 Å². The van der Waals surface area contributed by atoms with Crippen molar-refractivity contribution in [1.82, 2.24) is 0 Å². The van der Waals surface area contributed by atoms with E-state index in [1.54, 1.807) is 11.3 Å². The Hall–Kier alpha value is -2.00. The largest absolute Gasteiger partial charge is 0.416 e. The number of rotatable bonds is 1. The lowest BCUT2D eigenvalue weighted by Gasteiger charge is -2.30. The number of benzene rings is 1. The van der Waals surface area contributed by atoms with Crippen molar-refractivity contribution in [3.8, 4) is 6.07 Å². The molecule has 108 valence electrons. The number of nitriles is 1. The topological polar surface area (TPSA) is 27.0 Å². The van der Waals surface area contributed by atoms with E-state index in [0.29, 0.717) is 18.8 Å². The molecule has 1 aromatic heterocycles. The summed E-state index contributed by atoms with van der Waals surface area (Å²) in [6, 6.07) is 7.29. The molecule has 21 heavy (non-hydrogen) atoms. The lowest BCUT2D eigenvalue weighted by molar-refractivity contribution is -0.137. The van der Waals surface area contributed by atoms with Gasteiger partial charge in [0.05, 0.1) is 16.8 Å². The van der Waals surface area contributed by atoms with Gasteiger partial charge < -0.3 is 4.90 Å². The lowest BCUT2D eigenvalue weighted by Crippen LogP contribution is -2.30. The first-order chi connectivity index (χ1) is 9.99. The molecule has 0 aliphatic carbocycles. The summed E-state index contributed by atoms with van der Waals surface area (Å²) in [4.78, 5) is 3.28. The molecule has 1 aromatic carbocycles. The van der Waals surface area contributed by atoms with Crippen LogP contribution >= 0.6 is 11.3 Å². The molecule has 0 unspecified atom stereocenters. The Morgan fingerprint density at radius 2 is 2.05 bits per heavy atom. The predicted molar refractivity (Wildman–Crippen MR) is 75.2 cm³/mol. The monoisotopic (exact) mass is 308 g/mol. The Morgan fingerprint density at radius 1 is 1.24 bits per heavy atom. The normalized spacial score (nSPS) is 14.7. The van der Waals surface area contributed by atoms with Gasteiger partial charge >= 0.3 is 6.18 Å². The van der Waals surface area contributed by atoms with E-state index < -0.39 is 11.7 Å². The fourth-order valence-corrected chi connectivity index (χ4v) is 3.42. The van der Waals surface area contributed by atoms with Gasteiger partial charge in [0.25, 0.3) is 0 Å². The molecular formula is C15H11F3N2S. The first kappa shape index (κ1) is 14.0. The Morgan fingerprint density at radius 3 is 2.76 bits per heavy atom. The first-order valence-corrected chi connectivity index (χ1v) is 7.28. The van der Waals surface area contributed by atoms with Crippen LogP contribution in [0.15, 0.2) is 29.6 Å².